The van der Waals surface area contributed by atoms with Crippen molar-refractivity contribution in [1.82, 2.24) is 15.0 Å². The van der Waals surface area contributed by atoms with Crippen molar-refractivity contribution in [3.8, 4) is 17.4 Å². The summed E-state index contributed by atoms with van der Waals surface area (Å²) in [6.07, 6.45) is 0.740. The number of fused-ring (bicyclic) bond motifs is 1. The molecule has 0 aromatic carbocycles. The Morgan fingerprint density at radius 3 is 3.00 bits per heavy atom. The van der Waals surface area contributed by atoms with Crippen LogP contribution in [0.15, 0.2) is 18.2 Å². The van der Waals surface area contributed by atoms with Crippen LogP contribution in [0.25, 0.3) is 11.5 Å². The van der Waals surface area contributed by atoms with Crippen molar-refractivity contribution < 1.29 is 9.47 Å². The highest BCUT2D eigenvalue weighted by atomic mass is 16.5. The Bertz CT molecular complexity index is 615. The zero-order chi connectivity index (χ0) is 13.9. The summed E-state index contributed by atoms with van der Waals surface area (Å²) in [4.78, 5) is 13.3. The SMILES string of the molecule is COc1cccc(-c2nc3c(c(NN)n2)COCC3)n1. The van der Waals surface area contributed by atoms with Gasteiger partial charge < -0.3 is 14.9 Å². The highest BCUT2D eigenvalue weighted by Crippen LogP contribution is 2.25. The fraction of sp³-hybridized carbons (Fsp3) is 0.308. The fourth-order valence-corrected chi connectivity index (χ4v) is 2.12. The van der Waals surface area contributed by atoms with Gasteiger partial charge >= 0.3 is 0 Å². The van der Waals surface area contributed by atoms with E-state index in [0.29, 0.717) is 36.4 Å². The number of nitrogens with zero attached hydrogens (tertiary/aromatic N) is 3. The third-order valence-electron chi connectivity index (χ3n) is 3.12. The number of hydrogen-bond donors (Lipinski definition) is 2. The van der Waals surface area contributed by atoms with Crippen molar-refractivity contribution >= 4 is 5.82 Å². The van der Waals surface area contributed by atoms with Gasteiger partial charge in [-0.2, -0.15) is 0 Å². The molecule has 0 bridgehead atoms. The van der Waals surface area contributed by atoms with Crippen LogP contribution in [-0.4, -0.2) is 28.7 Å². The predicted molar refractivity (Wildman–Crippen MR) is 73.0 cm³/mol. The van der Waals surface area contributed by atoms with Crippen molar-refractivity contribution in [3.05, 3.63) is 29.5 Å². The normalized spacial score (nSPS) is 13.7. The van der Waals surface area contributed by atoms with Gasteiger partial charge in [-0.25, -0.2) is 20.8 Å². The van der Waals surface area contributed by atoms with Crippen LogP contribution in [0.4, 0.5) is 5.82 Å². The molecule has 1 aliphatic rings. The molecular formula is C13H15N5O2. The second kappa shape index (κ2) is 5.40. The first-order valence-electron chi connectivity index (χ1n) is 6.27. The van der Waals surface area contributed by atoms with Gasteiger partial charge in [0, 0.05) is 18.1 Å². The average molecular weight is 273 g/mol. The number of nitrogens with one attached hydrogen (secondary N) is 1. The summed E-state index contributed by atoms with van der Waals surface area (Å²) in [5.41, 5.74) is 5.10. The highest BCUT2D eigenvalue weighted by Gasteiger charge is 2.19. The Hall–Kier alpha value is -2.25. The number of ether oxygens (including phenoxy) is 2. The van der Waals surface area contributed by atoms with E-state index in [4.69, 9.17) is 15.3 Å². The number of aromatic nitrogens is 3. The van der Waals surface area contributed by atoms with Gasteiger partial charge in [0.15, 0.2) is 5.82 Å². The van der Waals surface area contributed by atoms with Gasteiger partial charge in [-0.05, 0) is 6.07 Å². The van der Waals surface area contributed by atoms with Crippen molar-refractivity contribution in [3.63, 3.8) is 0 Å². The topological polar surface area (TPSA) is 95.2 Å². The van der Waals surface area contributed by atoms with Gasteiger partial charge in [0.05, 0.1) is 26.0 Å². The first-order valence-corrected chi connectivity index (χ1v) is 6.27. The minimum absolute atomic E-state index is 0.473. The summed E-state index contributed by atoms with van der Waals surface area (Å²) >= 11 is 0. The van der Waals surface area contributed by atoms with E-state index in [1.54, 1.807) is 13.2 Å². The molecule has 20 heavy (non-hydrogen) atoms. The van der Waals surface area contributed by atoms with E-state index in [9.17, 15) is 0 Å². The first kappa shape index (κ1) is 12.8. The maximum Gasteiger partial charge on any atom is 0.213 e. The Morgan fingerprint density at radius 2 is 2.20 bits per heavy atom. The van der Waals surface area contributed by atoms with Gasteiger partial charge in [-0.1, -0.05) is 6.07 Å². The molecule has 0 fully saturated rings. The maximum atomic E-state index is 5.54. The third-order valence-corrected chi connectivity index (χ3v) is 3.12. The van der Waals surface area contributed by atoms with Gasteiger partial charge in [0.2, 0.25) is 5.88 Å². The minimum Gasteiger partial charge on any atom is -0.481 e. The van der Waals surface area contributed by atoms with Gasteiger partial charge in [-0.15, -0.1) is 0 Å². The number of nitrogen functional groups attached to an aromatic ring is 1. The molecule has 3 N–H and O–H groups in total. The van der Waals surface area contributed by atoms with Crippen LogP contribution in [0, 0.1) is 0 Å². The van der Waals surface area contributed by atoms with Crippen LogP contribution in [0.3, 0.4) is 0 Å². The number of hydrogen-bond acceptors (Lipinski definition) is 7. The lowest BCUT2D eigenvalue weighted by Crippen LogP contribution is -2.19. The van der Waals surface area contributed by atoms with Crippen LogP contribution in [0.2, 0.25) is 0 Å². The summed E-state index contributed by atoms with van der Waals surface area (Å²) in [5.74, 6) is 7.16. The highest BCUT2D eigenvalue weighted by molar-refractivity contribution is 5.57. The maximum absolute atomic E-state index is 5.54. The van der Waals surface area contributed by atoms with E-state index in [0.717, 1.165) is 17.7 Å². The van der Waals surface area contributed by atoms with E-state index >= 15 is 0 Å². The molecule has 0 atom stereocenters. The number of nitrogens with two attached hydrogens (primary N) is 1. The number of methoxy groups -OCH3 is 1. The second-order valence-corrected chi connectivity index (χ2v) is 4.33. The molecule has 2 aromatic heterocycles. The molecule has 0 amide bonds. The molecule has 0 saturated carbocycles. The van der Waals surface area contributed by atoms with Gasteiger partial charge in [0.25, 0.3) is 0 Å². The zero-order valence-electron chi connectivity index (χ0n) is 11.1. The lowest BCUT2D eigenvalue weighted by atomic mass is 10.1. The van der Waals surface area contributed by atoms with Crippen LogP contribution in [0.5, 0.6) is 5.88 Å². The van der Waals surface area contributed by atoms with E-state index < -0.39 is 0 Å². The first-order chi connectivity index (χ1) is 9.81. The Kier molecular flexibility index (Phi) is 3.44. The van der Waals surface area contributed by atoms with Crippen molar-refractivity contribution in [2.75, 3.05) is 19.1 Å². The van der Waals surface area contributed by atoms with Crippen LogP contribution in [-0.2, 0) is 17.8 Å². The quantitative estimate of drug-likeness (QED) is 0.633. The van der Waals surface area contributed by atoms with Crippen molar-refractivity contribution in [2.45, 2.75) is 13.0 Å². The Balaban J connectivity index is 2.09. The number of hydrazine groups is 1. The molecule has 7 nitrogen and oxygen atoms in total. The van der Waals surface area contributed by atoms with Gasteiger partial charge in [0.1, 0.15) is 11.5 Å². The standard InChI is InChI=1S/C13H15N5O2/c1-19-11-4-2-3-10(15-11)13-16-9-5-6-20-7-8(9)12(17-13)18-14/h2-4H,5-7,14H2,1H3,(H,16,17,18). The second-order valence-electron chi connectivity index (χ2n) is 4.33. The summed E-state index contributed by atoms with van der Waals surface area (Å²) in [6.45, 7) is 1.12. The molecular weight excluding hydrogens is 258 g/mol. The monoisotopic (exact) mass is 273 g/mol. The molecule has 0 radical (unpaired) electrons. The predicted octanol–water partition coefficient (Wildman–Crippen LogP) is 0.905. The molecule has 3 heterocycles. The van der Waals surface area contributed by atoms with Crippen molar-refractivity contribution in [2.24, 2.45) is 5.84 Å². The summed E-state index contributed by atoms with van der Waals surface area (Å²) < 4.78 is 10.5. The van der Waals surface area contributed by atoms with E-state index in [-0.39, 0.29) is 0 Å². The number of pyridine rings is 1. The average Bonchev–Trinajstić information content (AvgIpc) is 2.53. The third kappa shape index (κ3) is 2.28. The van der Waals surface area contributed by atoms with Crippen LogP contribution < -0.4 is 16.0 Å². The molecule has 2 aromatic rings. The zero-order valence-corrected chi connectivity index (χ0v) is 11.1. The van der Waals surface area contributed by atoms with Crippen LogP contribution >= 0.6 is 0 Å². The lowest BCUT2D eigenvalue weighted by Gasteiger charge is -2.18. The molecule has 104 valence electrons. The molecule has 0 unspecified atom stereocenters. The number of anilines is 1. The number of rotatable bonds is 3. The lowest BCUT2D eigenvalue weighted by molar-refractivity contribution is 0.109. The molecule has 7 heteroatoms. The molecule has 0 spiro atoms. The summed E-state index contributed by atoms with van der Waals surface area (Å²) in [5, 5.41) is 0. The minimum atomic E-state index is 0.473. The van der Waals surface area contributed by atoms with Crippen LogP contribution in [0.1, 0.15) is 11.3 Å². The summed E-state index contributed by atoms with van der Waals surface area (Å²) in [6, 6.07) is 5.46. The fourth-order valence-electron chi connectivity index (χ4n) is 2.12. The largest absolute Gasteiger partial charge is 0.481 e. The van der Waals surface area contributed by atoms with E-state index in [1.165, 1.54) is 0 Å². The smallest absolute Gasteiger partial charge is 0.213 e. The summed E-state index contributed by atoms with van der Waals surface area (Å²) in [7, 11) is 1.57. The molecule has 0 saturated heterocycles. The van der Waals surface area contributed by atoms with Gasteiger partial charge in [-0.3, -0.25) is 0 Å². The van der Waals surface area contributed by atoms with Crippen molar-refractivity contribution in [1.29, 1.82) is 0 Å². The molecule has 1 aliphatic heterocycles. The Labute approximate surface area is 116 Å². The van der Waals surface area contributed by atoms with E-state index in [2.05, 4.69) is 20.4 Å². The Morgan fingerprint density at radius 1 is 1.30 bits per heavy atom. The molecule has 0 aliphatic carbocycles. The molecule has 3 rings (SSSR count). The van der Waals surface area contributed by atoms with E-state index in [1.807, 2.05) is 12.1 Å².